The predicted octanol–water partition coefficient (Wildman–Crippen LogP) is 5.04. The molecular weight excluding hydrogens is 254 g/mol. The van der Waals surface area contributed by atoms with Gasteiger partial charge >= 0.3 is 0 Å². The zero-order valence-electron chi connectivity index (χ0n) is 12.4. The molecule has 114 valence electrons. The fraction of sp³-hybridized carbons (Fsp3) is 0.533. The van der Waals surface area contributed by atoms with Crippen molar-refractivity contribution in [1.29, 1.82) is 0 Å². The summed E-state index contributed by atoms with van der Waals surface area (Å²) in [6, 6.07) is 4.75. The summed E-state index contributed by atoms with van der Waals surface area (Å²) in [6.45, 7) is 10.9. The van der Waals surface area contributed by atoms with E-state index in [1.165, 1.54) is 12.5 Å². The maximum Gasteiger partial charge on any atom is 0.271 e. The van der Waals surface area contributed by atoms with Crippen LogP contribution in [-0.4, -0.2) is 14.7 Å². The Morgan fingerprint density at radius 3 is 2.25 bits per heavy atom. The van der Waals surface area contributed by atoms with Crippen LogP contribution in [0.1, 0.15) is 48.5 Å². The lowest BCUT2D eigenvalue weighted by Crippen LogP contribution is -1.96. The fourth-order valence-electron chi connectivity index (χ4n) is 1.42. The minimum Gasteiger partial charge on any atom is -0.265 e. The van der Waals surface area contributed by atoms with E-state index in [-0.39, 0.29) is 13.1 Å². The summed E-state index contributed by atoms with van der Waals surface area (Å²) in [5.41, 5.74) is 0.911. The lowest BCUT2D eigenvalue weighted by molar-refractivity contribution is -0.384. The second-order valence-electron chi connectivity index (χ2n) is 3.67. The van der Waals surface area contributed by atoms with E-state index in [2.05, 4.69) is 18.9 Å². The van der Waals surface area contributed by atoms with Gasteiger partial charge in [0.25, 0.3) is 5.69 Å². The van der Waals surface area contributed by atoms with Gasteiger partial charge in [0.2, 0.25) is 0 Å². The Bertz CT molecular complexity index is 507. The molecule has 2 rings (SSSR count). The molecule has 0 N–H and O–H groups in total. The molecule has 0 amide bonds. The van der Waals surface area contributed by atoms with Crippen LogP contribution in [0, 0.1) is 10.1 Å². The van der Waals surface area contributed by atoms with Crippen molar-refractivity contribution in [2.75, 3.05) is 0 Å². The molecule has 5 heteroatoms. The molecule has 0 unspecified atom stereocenters. The molecule has 1 aromatic heterocycles. The van der Waals surface area contributed by atoms with E-state index >= 15 is 0 Å². The molecule has 0 radical (unpaired) electrons. The van der Waals surface area contributed by atoms with Gasteiger partial charge < -0.3 is 0 Å². The third-order valence-corrected chi connectivity index (χ3v) is 2.14. The minimum atomic E-state index is -0.396. The van der Waals surface area contributed by atoms with Crippen molar-refractivity contribution < 1.29 is 4.92 Å². The smallest absolute Gasteiger partial charge is 0.265 e. The van der Waals surface area contributed by atoms with Crippen molar-refractivity contribution in [3.05, 3.63) is 34.5 Å². The van der Waals surface area contributed by atoms with Crippen LogP contribution in [0.5, 0.6) is 0 Å². The number of fused-ring (bicyclic) bond motifs is 1. The standard InChI is InChI=1S/C9H9N3O2.C3H8.C2H6.CH4/c1-2-11-9-5-8(12(13)14)4-3-7(9)6-10-11;1-3-2;1-2;/h3-6H,2H2,1H3;3H2,1-2H3;1-2H3;1H4. The normalized spacial score (nSPS) is 8.65. The third-order valence-electron chi connectivity index (χ3n) is 2.14. The number of nitro benzene ring substituents is 1. The Morgan fingerprint density at radius 1 is 1.25 bits per heavy atom. The predicted molar refractivity (Wildman–Crippen MR) is 86.1 cm³/mol. The third kappa shape index (κ3) is 5.38. The van der Waals surface area contributed by atoms with Gasteiger partial charge in [0, 0.05) is 24.1 Å². The number of hydrogen-bond acceptors (Lipinski definition) is 3. The summed E-state index contributed by atoms with van der Waals surface area (Å²) < 4.78 is 1.74. The number of benzene rings is 1. The topological polar surface area (TPSA) is 61.0 Å². The van der Waals surface area contributed by atoms with E-state index in [1.807, 2.05) is 20.8 Å². The molecule has 0 atom stereocenters. The molecule has 5 nitrogen and oxygen atoms in total. The van der Waals surface area contributed by atoms with Crippen LogP contribution in [0.15, 0.2) is 24.4 Å². The van der Waals surface area contributed by atoms with Gasteiger partial charge in [-0.2, -0.15) is 5.10 Å². The highest BCUT2D eigenvalue weighted by molar-refractivity contribution is 5.80. The van der Waals surface area contributed by atoms with Gasteiger partial charge in [-0.25, -0.2) is 0 Å². The second kappa shape index (κ2) is 11.0. The molecule has 0 aliphatic heterocycles. The van der Waals surface area contributed by atoms with Crippen LogP contribution >= 0.6 is 0 Å². The number of rotatable bonds is 2. The molecule has 2 aromatic rings. The maximum atomic E-state index is 10.5. The highest BCUT2D eigenvalue weighted by Gasteiger charge is 2.08. The highest BCUT2D eigenvalue weighted by Crippen LogP contribution is 2.20. The largest absolute Gasteiger partial charge is 0.271 e. The molecule has 0 aliphatic carbocycles. The van der Waals surface area contributed by atoms with Gasteiger partial charge in [0.1, 0.15) is 0 Å². The van der Waals surface area contributed by atoms with Crippen molar-refractivity contribution in [1.82, 2.24) is 9.78 Å². The van der Waals surface area contributed by atoms with E-state index in [9.17, 15) is 10.1 Å². The quantitative estimate of drug-likeness (QED) is 0.572. The Hall–Kier alpha value is -1.91. The average molecular weight is 281 g/mol. The minimum absolute atomic E-state index is 0. The number of aromatic nitrogens is 2. The fourth-order valence-corrected chi connectivity index (χ4v) is 1.42. The number of hydrogen-bond donors (Lipinski definition) is 0. The van der Waals surface area contributed by atoms with Crippen molar-refractivity contribution >= 4 is 16.6 Å². The maximum absolute atomic E-state index is 10.5. The SMILES string of the molecule is C.CC.CCC.CCn1ncc2ccc([N+](=O)[O-])cc21. The number of aryl methyl sites for hydroxylation is 1. The number of nitro groups is 1. The van der Waals surface area contributed by atoms with Gasteiger partial charge in [0.15, 0.2) is 0 Å². The Labute approximate surface area is 121 Å². The molecular formula is C15H27N3O2. The van der Waals surface area contributed by atoms with Crippen molar-refractivity contribution in [3.63, 3.8) is 0 Å². The molecule has 0 spiro atoms. The lowest BCUT2D eigenvalue weighted by atomic mass is 10.2. The molecule has 0 aliphatic rings. The molecule has 0 saturated carbocycles. The first-order chi connectivity index (χ1) is 9.13. The Kier molecular flexibility index (Phi) is 11.2. The Morgan fingerprint density at radius 2 is 1.80 bits per heavy atom. The van der Waals surface area contributed by atoms with Gasteiger partial charge in [-0.15, -0.1) is 0 Å². The first kappa shape index (κ1) is 20.4. The van der Waals surface area contributed by atoms with Crippen LogP contribution in [0.2, 0.25) is 0 Å². The molecule has 20 heavy (non-hydrogen) atoms. The van der Waals surface area contributed by atoms with Crippen LogP contribution < -0.4 is 0 Å². The summed E-state index contributed by atoms with van der Waals surface area (Å²) in [6.07, 6.45) is 2.96. The molecule has 0 bridgehead atoms. The zero-order chi connectivity index (χ0) is 14.8. The number of non-ortho nitro benzene ring substituents is 1. The van der Waals surface area contributed by atoms with Crippen LogP contribution in [0.25, 0.3) is 10.9 Å². The van der Waals surface area contributed by atoms with Crippen LogP contribution in [-0.2, 0) is 6.54 Å². The van der Waals surface area contributed by atoms with Crippen LogP contribution in [0.4, 0.5) is 5.69 Å². The Balaban J connectivity index is 0. The van der Waals surface area contributed by atoms with E-state index in [0.717, 1.165) is 10.9 Å². The van der Waals surface area contributed by atoms with Crippen LogP contribution in [0.3, 0.4) is 0 Å². The van der Waals surface area contributed by atoms with E-state index in [0.29, 0.717) is 6.54 Å². The summed E-state index contributed by atoms with van der Waals surface area (Å²) in [5.74, 6) is 0. The molecule has 1 heterocycles. The molecule has 1 aromatic carbocycles. The summed E-state index contributed by atoms with van der Waals surface area (Å²) in [7, 11) is 0. The first-order valence-electron chi connectivity index (χ1n) is 6.73. The highest BCUT2D eigenvalue weighted by atomic mass is 16.6. The monoisotopic (exact) mass is 281 g/mol. The van der Waals surface area contributed by atoms with Gasteiger partial charge in [-0.3, -0.25) is 14.8 Å². The van der Waals surface area contributed by atoms with E-state index in [4.69, 9.17) is 0 Å². The summed E-state index contributed by atoms with van der Waals surface area (Å²) in [4.78, 5) is 10.1. The van der Waals surface area contributed by atoms with Crippen molar-refractivity contribution in [3.8, 4) is 0 Å². The lowest BCUT2D eigenvalue weighted by Gasteiger charge is -1.97. The van der Waals surface area contributed by atoms with Gasteiger partial charge in [0.05, 0.1) is 16.6 Å². The van der Waals surface area contributed by atoms with Gasteiger partial charge in [-0.1, -0.05) is 41.5 Å². The summed E-state index contributed by atoms with van der Waals surface area (Å²) in [5, 5.41) is 15.6. The summed E-state index contributed by atoms with van der Waals surface area (Å²) >= 11 is 0. The van der Waals surface area contributed by atoms with Crippen molar-refractivity contribution in [2.45, 2.75) is 55.0 Å². The molecule has 0 saturated heterocycles. The average Bonchev–Trinajstić information content (AvgIpc) is 2.83. The van der Waals surface area contributed by atoms with E-state index < -0.39 is 4.92 Å². The van der Waals surface area contributed by atoms with Crippen molar-refractivity contribution in [2.24, 2.45) is 0 Å². The van der Waals surface area contributed by atoms with E-state index in [1.54, 1.807) is 23.0 Å². The second-order valence-corrected chi connectivity index (χ2v) is 3.67. The number of nitrogens with zero attached hydrogens (tertiary/aromatic N) is 3. The van der Waals surface area contributed by atoms with Gasteiger partial charge in [-0.05, 0) is 13.0 Å². The molecule has 0 fully saturated rings. The first-order valence-corrected chi connectivity index (χ1v) is 6.73. The zero-order valence-corrected chi connectivity index (χ0v) is 12.4.